The summed E-state index contributed by atoms with van der Waals surface area (Å²) in [5, 5.41) is 0. The van der Waals surface area contributed by atoms with E-state index in [-0.39, 0.29) is 11.4 Å². The van der Waals surface area contributed by atoms with Crippen LogP contribution in [-0.2, 0) is 14.8 Å². The molecule has 0 aromatic carbocycles. The van der Waals surface area contributed by atoms with Gasteiger partial charge >= 0.3 is 0 Å². The first-order valence-corrected chi connectivity index (χ1v) is 6.22. The maximum Gasteiger partial charge on any atom is 0.268 e. The van der Waals surface area contributed by atoms with Crippen molar-refractivity contribution in [2.75, 3.05) is 20.3 Å². The third kappa shape index (κ3) is 3.44. The molecule has 0 aliphatic rings. The summed E-state index contributed by atoms with van der Waals surface area (Å²) in [5.74, 6) is 0. The molecule has 7 heteroatoms. The summed E-state index contributed by atoms with van der Waals surface area (Å²) in [6.07, 6.45) is 1.94. The monoisotopic (exact) mass is 246 g/mol. The van der Waals surface area contributed by atoms with E-state index in [0.29, 0.717) is 13.0 Å². The van der Waals surface area contributed by atoms with Crippen molar-refractivity contribution in [3.8, 4) is 0 Å². The number of H-pyrrole nitrogens is 1. The molecular formula is C9H14N2O4S. The number of nitrogens with one attached hydrogen (secondary N) is 2. The van der Waals surface area contributed by atoms with Crippen molar-refractivity contribution < 1.29 is 13.2 Å². The van der Waals surface area contributed by atoms with Crippen LogP contribution < -0.4 is 10.3 Å². The lowest BCUT2D eigenvalue weighted by atomic mass is 10.5. The van der Waals surface area contributed by atoms with Gasteiger partial charge in [0.2, 0.25) is 10.0 Å². The molecule has 1 heterocycles. The average Bonchev–Trinajstić information content (AvgIpc) is 2.25. The third-order valence-corrected chi connectivity index (χ3v) is 3.37. The summed E-state index contributed by atoms with van der Waals surface area (Å²) in [6.45, 7) is 0.707. The molecule has 1 aromatic rings. The fourth-order valence-electron chi connectivity index (χ4n) is 1.12. The van der Waals surface area contributed by atoms with E-state index in [1.165, 1.54) is 25.4 Å². The average molecular weight is 246 g/mol. The van der Waals surface area contributed by atoms with Gasteiger partial charge in [0.1, 0.15) is 4.90 Å². The lowest BCUT2D eigenvalue weighted by molar-refractivity contribution is 0.196. The maximum atomic E-state index is 11.6. The van der Waals surface area contributed by atoms with E-state index in [1.54, 1.807) is 0 Å². The quantitative estimate of drug-likeness (QED) is 0.674. The fraction of sp³-hybridized carbons (Fsp3) is 0.444. The van der Waals surface area contributed by atoms with Crippen molar-refractivity contribution in [3.05, 3.63) is 28.7 Å². The summed E-state index contributed by atoms with van der Waals surface area (Å²) < 4.78 is 30.4. The minimum absolute atomic E-state index is 0.241. The first-order valence-electron chi connectivity index (χ1n) is 4.74. The molecule has 0 saturated carbocycles. The summed E-state index contributed by atoms with van der Waals surface area (Å²) >= 11 is 0. The van der Waals surface area contributed by atoms with E-state index >= 15 is 0 Å². The second-order valence-electron chi connectivity index (χ2n) is 3.11. The van der Waals surface area contributed by atoms with Crippen LogP contribution in [0, 0.1) is 0 Å². The molecule has 0 amide bonds. The highest BCUT2D eigenvalue weighted by molar-refractivity contribution is 7.89. The van der Waals surface area contributed by atoms with E-state index in [4.69, 9.17) is 4.74 Å². The lowest BCUT2D eigenvalue weighted by Gasteiger charge is -2.04. The number of aromatic nitrogens is 1. The molecule has 90 valence electrons. The Balaban J connectivity index is 2.72. The molecule has 6 nitrogen and oxygen atoms in total. The lowest BCUT2D eigenvalue weighted by Crippen LogP contribution is -2.30. The van der Waals surface area contributed by atoms with Crippen LogP contribution in [0.2, 0.25) is 0 Å². The van der Waals surface area contributed by atoms with Crippen molar-refractivity contribution in [2.45, 2.75) is 11.3 Å². The molecule has 0 aliphatic carbocycles. The summed E-state index contributed by atoms with van der Waals surface area (Å²) in [7, 11) is -2.18. The number of ether oxygens (including phenoxy) is 1. The molecule has 0 spiro atoms. The van der Waals surface area contributed by atoms with Gasteiger partial charge in [0.25, 0.3) is 5.56 Å². The van der Waals surface area contributed by atoms with E-state index in [1.807, 2.05) is 0 Å². The Bertz CT molecular complexity index is 480. The first-order chi connectivity index (χ1) is 7.58. The number of methoxy groups -OCH3 is 1. The standard InChI is InChI=1S/C9H14N2O4S/c1-15-7-3-6-11-16(13,14)8-4-2-5-10-9(8)12/h2,4-5,11H,3,6-7H2,1H3,(H,10,12). The van der Waals surface area contributed by atoms with Gasteiger partial charge in [0.15, 0.2) is 0 Å². The van der Waals surface area contributed by atoms with E-state index in [0.717, 1.165) is 0 Å². The SMILES string of the molecule is COCCCNS(=O)(=O)c1ccc[nH]c1=O. The fourth-order valence-corrected chi connectivity index (χ4v) is 2.25. The van der Waals surface area contributed by atoms with Gasteiger partial charge in [0, 0.05) is 26.5 Å². The Morgan fingerprint density at radius 3 is 2.88 bits per heavy atom. The van der Waals surface area contributed by atoms with Crippen molar-refractivity contribution in [1.82, 2.24) is 9.71 Å². The Morgan fingerprint density at radius 1 is 1.50 bits per heavy atom. The normalized spacial score (nSPS) is 11.6. The van der Waals surface area contributed by atoms with Crippen LogP contribution in [0.25, 0.3) is 0 Å². The van der Waals surface area contributed by atoms with Crippen LogP contribution in [0.1, 0.15) is 6.42 Å². The second kappa shape index (κ2) is 5.78. The minimum atomic E-state index is -3.72. The Kier molecular flexibility index (Phi) is 4.66. The number of hydrogen-bond donors (Lipinski definition) is 2. The maximum absolute atomic E-state index is 11.6. The van der Waals surface area contributed by atoms with Gasteiger partial charge in [-0.05, 0) is 18.6 Å². The number of pyridine rings is 1. The smallest absolute Gasteiger partial charge is 0.268 e. The predicted octanol–water partition coefficient (Wildman–Crippen LogP) is -0.310. The van der Waals surface area contributed by atoms with Crippen LogP contribution in [0.5, 0.6) is 0 Å². The highest BCUT2D eigenvalue weighted by Crippen LogP contribution is 1.99. The van der Waals surface area contributed by atoms with Crippen LogP contribution >= 0.6 is 0 Å². The van der Waals surface area contributed by atoms with E-state index in [9.17, 15) is 13.2 Å². The Morgan fingerprint density at radius 2 is 2.25 bits per heavy atom. The van der Waals surface area contributed by atoms with Crippen molar-refractivity contribution in [1.29, 1.82) is 0 Å². The highest BCUT2D eigenvalue weighted by atomic mass is 32.2. The van der Waals surface area contributed by atoms with Gasteiger partial charge in [-0.25, -0.2) is 13.1 Å². The van der Waals surface area contributed by atoms with Gasteiger partial charge in [-0.3, -0.25) is 4.79 Å². The summed E-state index contributed by atoms with van der Waals surface area (Å²) in [5.41, 5.74) is -0.623. The molecule has 0 atom stereocenters. The molecule has 2 N–H and O–H groups in total. The molecule has 0 aliphatic heterocycles. The zero-order valence-corrected chi connectivity index (χ0v) is 9.71. The highest BCUT2D eigenvalue weighted by Gasteiger charge is 2.16. The number of rotatable bonds is 6. The van der Waals surface area contributed by atoms with Gasteiger partial charge < -0.3 is 9.72 Å². The van der Waals surface area contributed by atoms with Crippen molar-refractivity contribution in [3.63, 3.8) is 0 Å². The first kappa shape index (κ1) is 12.9. The van der Waals surface area contributed by atoms with E-state index < -0.39 is 15.6 Å². The number of hydrogen-bond acceptors (Lipinski definition) is 4. The Hall–Kier alpha value is -1.18. The van der Waals surface area contributed by atoms with Gasteiger partial charge in [-0.15, -0.1) is 0 Å². The van der Waals surface area contributed by atoms with Gasteiger partial charge in [-0.2, -0.15) is 0 Å². The molecule has 0 radical (unpaired) electrons. The zero-order chi connectivity index (χ0) is 12.0. The molecule has 0 saturated heterocycles. The largest absolute Gasteiger partial charge is 0.385 e. The molecular weight excluding hydrogens is 232 g/mol. The van der Waals surface area contributed by atoms with Crippen LogP contribution in [0.3, 0.4) is 0 Å². The van der Waals surface area contributed by atoms with Crippen molar-refractivity contribution >= 4 is 10.0 Å². The van der Waals surface area contributed by atoms with E-state index in [2.05, 4.69) is 9.71 Å². The third-order valence-electron chi connectivity index (χ3n) is 1.89. The Labute approximate surface area is 93.7 Å². The molecule has 1 aromatic heterocycles. The second-order valence-corrected chi connectivity index (χ2v) is 4.84. The zero-order valence-electron chi connectivity index (χ0n) is 8.89. The van der Waals surface area contributed by atoms with Crippen LogP contribution in [0.4, 0.5) is 0 Å². The molecule has 0 fully saturated rings. The minimum Gasteiger partial charge on any atom is -0.385 e. The van der Waals surface area contributed by atoms with Crippen molar-refractivity contribution in [2.24, 2.45) is 0 Å². The number of sulfonamides is 1. The summed E-state index contributed by atoms with van der Waals surface area (Å²) in [6, 6.07) is 2.72. The molecule has 0 bridgehead atoms. The molecule has 0 unspecified atom stereocenters. The molecule has 16 heavy (non-hydrogen) atoms. The number of aromatic amines is 1. The predicted molar refractivity (Wildman–Crippen MR) is 58.7 cm³/mol. The van der Waals surface area contributed by atoms with Gasteiger partial charge in [-0.1, -0.05) is 0 Å². The van der Waals surface area contributed by atoms with Crippen LogP contribution in [0.15, 0.2) is 28.0 Å². The van der Waals surface area contributed by atoms with Crippen LogP contribution in [-0.4, -0.2) is 33.7 Å². The summed E-state index contributed by atoms with van der Waals surface area (Å²) in [4.78, 5) is 13.3. The topological polar surface area (TPSA) is 88.3 Å². The molecule has 1 rings (SSSR count). The van der Waals surface area contributed by atoms with Gasteiger partial charge in [0.05, 0.1) is 0 Å².